The largest absolute Gasteiger partial charge is 0.368 e. The zero-order chi connectivity index (χ0) is 20.8. The van der Waals surface area contributed by atoms with Crippen LogP contribution >= 0.6 is 0 Å². The molecule has 1 fully saturated rings. The summed E-state index contributed by atoms with van der Waals surface area (Å²) >= 11 is 0. The van der Waals surface area contributed by atoms with Crippen LogP contribution in [0.5, 0.6) is 0 Å². The predicted octanol–water partition coefficient (Wildman–Crippen LogP) is 4.16. The molecule has 1 aliphatic rings. The van der Waals surface area contributed by atoms with E-state index >= 15 is 0 Å². The summed E-state index contributed by atoms with van der Waals surface area (Å²) in [5.41, 5.74) is 1.96. The van der Waals surface area contributed by atoms with Gasteiger partial charge in [-0.3, -0.25) is 9.59 Å². The quantitative estimate of drug-likeness (QED) is 0.796. The van der Waals surface area contributed by atoms with Crippen molar-refractivity contribution in [2.75, 3.05) is 36.4 Å². The van der Waals surface area contributed by atoms with Crippen molar-refractivity contribution in [3.8, 4) is 0 Å². The number of anilines is 2. The highest BCUT2D eigenvalue weighted by Crippen LogP contribution is 2.21. The van der Waals surface area contributed by atoms with Crippen molar-refractivity contribution in [2.24, 2.45) is 5.92 Å². The van der Waals surface area contributed by atoms with Crippen LogP contribution < -0.4 is 10.2 Å². The van der Waals surface area contributed by atoms with Crippen molar-refractivity contribution < 1.29 is 14.0 Å². The monoisotopic (exact) mass is 397 g/mol. The predicted molar refractivity (Wildman–Crippen MR) is 114 cm³/mol. The van der Waals surface area contributed by atoms with E-state index in [9.17, 15) is 14.0 Å². The van der Waals surface area contributed by atoms with Crippen LogP contribution in [0.2, 0.25) is 0 Å². The molecule has 1 N–H and O–H groups in total. The first kappa shape index (κ1) is 20.8. The number of piperazine rings is 1. The van der Waals surface area contributed by atoms with E-state index in [0.717, 1.165) is 17.8 Å². The summed E-state index contributed by atoms with van der Waals surface area (Å²) in [5.74, 6) is -0.202. The van der Waals surface area contributed by atoms with Crippen molar-refractivity contribution in [1.82, 2.24) is 4.90 Å². The minimum absolute atomic E-state index is 0.0340. The van der Waals surface area contributed by atoms with Gasteiger partial charge in [0.25, 0.3) is 5.91 Å². The maximum atomic E-state index is 13.9. The molecule has 0 atom stereocenters. The fraction of sp³-hybridized carbons (Fsp3) is 0.391. The molecule has 0 aromatic heterocycles. The number of hydrogen-bond acceptors (Lipinski definition) is 3. The fourth-order valence-electron chi connectivity index (χ4n) is 3.37. The van der Waals surface area contributed by atoms with Gasteiger partial charge in [-0.2, -0.15) is 0 Å². The average molecular weight is 397 g/mol. The molecule has 0 radical (unpaired) electrons. The second kappa shape index (κ2) is 9.54. The van der Waals surface area contributed by atoms with Gasteiger partial charge in [-0.15, -0.1) is 0 Å². The van der Waals surface area contributed by atoms with Crippen molar-refractivity contribution in [3.05, 3.63) is 59.9 Å². The van der Waals surface area contributed by atoms with Crippen LogP contribution in [-0.2, 0) is 4.79 Å². The molecule has 2 aromatic rings. The molecule has 1 heterocycles. The first-order valence-electron chi connectivity index (χ1n) is 10.1. The van der Waals surface area contributed by atoms with E-state index in [1.165, 1.54) is 12.1 Å². The summed E-state index contributed by atoms with van der Waals surface area (Å²) in [7, 11) is 0. The molecule has 0 bridgehead atoms. The highest BCUT2D eigenvalue weighted by molar-refractivity contribution is 5.94. The van der Waals surface area contributed by atoms with Gasteiger partial charge in [0.05, 0.1) is 5.56 Å². The summed E-state index contributed by atoms with van der Waals surface area (Å²) in [6.45, 7) is 6.65. The zero-order valence-electron chi connectivity index (χ0n) is 17.0. The molecule has 3 rings (SSSR count). The van der Waals surface area contributed by atoms with Crippen LogP contribution in [0.25, 0.3) is 0 Å². The normalized spacial score (nSPS) is 14.2. The number of hydrogen-bond donors (Lipinski definition) is 1. The maximum absolute atomic E-state index is 13.9. The fourth-order valence-corrected chi connectivity index (χ4v) is 3.37. The standard InChI is InChI=1S/C23H28FN3O2/c1-17(2)7-12-22(28)25-18-8-10-19(11-9-18)26-13-15-27(16-14-26)23(29)20-5-3-4-6-21(20)24/h3-6,8-11,17H,7,12-16H2,1-2H3,(H,25,28). The lowest BCUT2D eigenvalue weighted by molar-refractivity contribution is -0.116. The third-order valence-electron chi connectivity index (χ3n) is 5.14. The van der Waals surface area contributed by atoms with Gasteiger partial charge in [-0.1, -0.05) is 26.0 Å². The molecular formula is C23H28FN3O2. The van der Waals surface area contributed by atoms with Gasteiger partial charge in [0.15, 0.2) is 0 Å². The number of amides is 2. The highest BCUT2D eigenvalue weighted by atomic mass is 19.1. The maximum Gasteiger partial charge on any atom is 0.256 e. The molecule has 0 unspecified atom stereocenters. The first-order chi connectivity index (χ1) is 13.9. The minimum Gasteiger partial charge on any atom is -0.368 e. The van der Waals surface area contributed by atoms with Gasteiger partial charge in [0, 0.05) is 44.0 Å². The van der Waals surface area contributed by atoms with Crippen molar-refractivity contribution in [2.45, 2.75) is 26.7 Å². The Labute approximate surface area is 171 Å². The van der Waals surface area contributed by atoms with E-state index in [-0.39, 0.29) is 17.4 Å². The van der Waals surface area contributed by atoms with Gasteiger partial charge < -0.3 is 15.1 Å². The molecule has 1 aliphatic heterocycles. The van der Waals surface area contributed by atoms with E-state index in [1.807, 2.05) is 24.3 Å². The van der Waals surface area contributed by atoms with Gasteiger partial charge in [0.2, 0.25) is 5.91 Å². The number of halogens is 1. The minimum atomic E-state index is -0.481. The molecule has 0 spiro atoms. The molecule has 6 heteroatoms. The van der Waals surface area contributed by atoms with E-state index < -0.39 is 5.82 Å². The van der Waals surface area contributed by atoms with Crippen molar-refractivity contribution in [1.29, 1.82) is 0 Å². The zero-order valence-corrected chi connectivity index (χ0v) is 17.0. The van der Waals surface area contributed by atoms with Crippen LogP contribution in [0.15, 0.2) is 48.5 Å². The number of rotatable bonds is 6. The summed E-state index contributed by atoms with van der Waals surface area (Å²) < 4.78 is 13.9. The van der Waals surface area contributed by atoms with Crippen LogP contribution in [0.3, 0.4) is 0 Å². The molecule has 154 valence electrons. The number of carbonyl (C=O) groups is 2. The Morgan fingerprint density at radius 3 is 2.28 bits per heavy atom. The van der Waals surface area contributed by atoms with E-state index in [1.54, 1.807) is 17.0 Å². The van der Waals surface area contributed by atoms with Crippen molar-refractivity contribution in [3.63, 3.8) is 0 Å². The summed E-state index contributed by atoms with van der Waals surface area (Å²) in [5, 5.41) is 2.93. The second-order valence-corrected chi connectivity index (χ2v) is 7.79. The van der Waals surface area contributed by atoms with Gasteiger partial charge in [0.1, 0.15) is 5.82 Å². The SMILES string of the molecule is CC(C)CCC(=O)Nc1ccc(N2CCN(C(=O)c3ccccc3F)CC2)cc1. The smallest absolute Gasteiger partial charge is 0.256 e. The Morgan fingerprint density at radius 2 is 1.66 bits per heavy atom. The number of nitrogens with one attached hydrogen (secondary N) is 1. The Hall–Kier alpha value is -2.89. The average Bonchev–Trinajstić information content (AvgIpc) is 2.73. The Bertz CT molecular complexity index is 843. The molecule has 5 nitrogen and oxygen atoms in total. The van der Waals surface area contributed by atoms with Gasteiger partial charge >= 0.3 is 0 Å². The first-order valence-corrected chi connectivity index (χ1v) is 10.1. The third kappa shape index (κ3) is 5.56. The number of benzene rings is 2. The molecule has 2 amide bonds. The lowest BCUT2D eigenvalue weighted by atomic mass is 10.1. The van der Waals surface area contributed by atoms with E-state index in [0.29, 0.717) is 38.5 Å². The number of carbonyl (C=O) groups excluding carboxylic acids is 2. The summed E-state index contributed by atoms with van der Waals surface area (Å²) in [6.07, 6.45) is 1.40. The van der Waals surface area contributed by atoms with Crippen molar-refractivity contribution >= 4 is 23.2 Å². The second-order valence-electron chi connectivity index (χ2n) is 7.79. The lowest BCUT2D eigenvalue weighted by Gasteiger charge is -2.36. The van der Waals surface area contributed by atoms with Gasteiger partial charge in [-0.05, 0) is 48.7 Å². The van der Waals surface area contributed by atoms with E-state index in [4.69, 9.17) is 0 Å². The lowest BCUT2D eigenvalue weighted by Crippen LogP contribution is -2.49. The van der Waals surface area contributed by atoms with E-state index in [2.05, 4.69) is 24.1 Å². The van der Waals surface area contributed by atoms with Gasteiger partial charge in [-0.25, -0.2) is 4.39 Å². The molecule has 0 saturated carbocycles. The molecule has 0 aliphatic carbocycles. The Balaban J connectivity index is 1.52. The Kier molecular flexibility index (Phi) is 6.86. The topological polar surface area (TPSA) is 52.7 Å². The molecular weight excluding hydrogens is 369 g/mol. The van der Waals surface area contributed by atoms with Crippen LogP contribution in [0.4, 0.5) is 15.8 Å². The van der Waals surface area contributed by atoms with Crippen LogP contribution in [0, 0.1) is 11.7 Å². The third-order valence-corrected chi connectivity index (χ3v) is 5.14. The molecule has 1 saturated heterocycles. The summed E-state index contributed by atoms with van der Waals surface area (Å²) in [4.78, 5) is 28.4. The highest BCUT2D eigenvalue weighted by Gasteiger charge is 2.24. The number of nitrogens with zero attached hydrogens (tertiary/aromatic N) is 2. The molecule has 2 aromatic carbocycles. The van der Waals surface area contributed by atoms with Crippen LogP contribution in [0.1, 0.15) is 37.0 Å². The summed E-state index contributed by atoms with van der Waals surface area (Å²) in [6, 6.07) is 13.9. The Morgan fingerprint density at radius 1 is 1.00 bits per heavy atom. The van der Waals surface area contributed by atoms with Crippen LogP contribution in [-0.4, -0.2) is 42.9 Å². The molecule has 29 heavy (non-hydrogen) atoms.